The summed E-state index contributed by atoms with van der Waals surface area (Å²) in [5.41, 5.74) is 13.9. The van der Waals surface area contributed by atoms with Gasteiger partial charge in [0.25, 0.3) is 5.91 Å². The molecule has 0 bridgehead atoms. The predicted octanol–water partition coefficient (Wildman–Crippen LogP) is 12.6. The number of carbonyl (C=O) groups is 6. The van der Waals surface area contributed by atoms with E-state index in [1.807, 2.05) is 97.1 Å². The van der Waals surface area contributed by atoms with Gasteiger partial charge in [0.05, 0.1) is 6.04 Å². The molecule has 0 fully saturated rings. The number of aromatic nitrogens is 2. The molecule has 0 unspecified atom stereocenters. The topological polar surface area (TPSA) is 293 Å². The van der Waals surface area contributed by atoms with Crippen LogP contribution >= 0.6 is 11.8 Å². The summed E-state index contributed by atoms with van der Waals surface area (Å²) in [5, 5.41) is 38.1. The molecule has 11 N–H and O–H groups in total. The van der Waals surface area contributed by atoms with Gasteiger partial charge in [-0.1, -0.05) is 218 Å². The normalized spacial score (nSPS) is 11.1. The fourth-order valence-corrected chi connectivity index (χ4v) is 9.32. The van der Waals surface area contributed by atoms with E-state index in [0.717, 1.165) is 62.1 Å². The lowest BCUT2D eigenvalue weighted by Gasteiger charge is -2.14. The van der Waals surface area contributed by atoms with Crippen molar-refractivity contribution in [2.75, 3.05) is 0 Å². The van der Waals surface area contributed by atoms with Crippen LogP contribution in [0.4, 0.5) is 9.59 Å². The van der Waals surface area contributed by atoms with E-state index in [1.165, 1.54) is 11.1 Å². The van der Waals surface area contributed by atoms with E-state index < -0.39 is 30.2 Å². The Morgan fingerprint density at radius 3 is 1.17 bits per heavy atom. The third-order valence-electron chi connectivity index (χ3n) is 14.5. The van der Waals surface area contributed by atoms with E-state index in [9.17, 15) is 28.8 Å². The number of alkyl carbamates (subject to hydrolysis) is 2. The fourth-order valence-electron chi connectivity index (χ4n) is 9.22. The molecule has 10 aromatic rings. The number of amidine groups is 2. The van der Waals surface area contributed by atoms with Gasteiger partial charge in [-0.3, -0.25) is 35.8 Å². The molecule has 0 saturated carbocycles. The zero-order chi connectivity index (χ0) is 66.6. The average Bonchev–Trinajstić information content (AvgIpc) is 1.61. The highest BCUT2D eigenvalue weighted by atomic mass is 35.5. The Morgan fingerprint density at radius 2 is 0.787 bits per heavy atom. The first kappa shape index (κ1) is 68.2. The largest absolute Gasteiger partial charge is 0.477 e. The lowest BCUT2D eigenvalue weighted by atomic mass is 10.0. The summed E-state index contributed by atoms with van der Waals surface area (Å²) in [6, 6.07) is 71.6. The van der Waals surface area contributed by atoms with E-state index in [-0.39, 0.29) is 54.8 Å². The van der Waals surface area contributed by atoms with Crippen molar-refractivity contribution in [2.24, 2.45) is 0 Å². The SMILES string of the molecule is C[C@H](NC(=O)c1cc(Cc2ccc(-c3ccccc3)cc2)c[nH]1)C(=O)NCc1ccc(C(=N)NC(=O)OCc2ccccc2)cc1.C[C@H](NCl)C(=O)NCc1ccc(C(=N)NC(=O)OCc2ccccc2)cc1.O=C(O)c1cc(Cc2ccc(-c3ccccc3)cc2)c[nH]1. The summed E-state index contributed by atoms with van der Waals surface area (Å²) in [4.78, 5) is 80.0. The van der Waals surface area contributed by atoms with Gasteiger partial charge < -0.3 is 40.5 Å². The number of nitrogens with one attached hydrogen (secondary N) is 10. The van der Waals surface area contributed by atoms with Crippen LogP contribution in [-0.4, -0.2) is 74.7 Å². The number of hydrogen-bond donors (Lipinski definition) is 11. The summed E-state index contributed by atoms with van der Waals surface area (Å²) in [5.74, 6) is -2.02. The number of carboxylic acid groups (broad SMARTS) is 1. The van der Waals surface area contributed by atoms with E-state index in [4.69, 9.17) is 37.2 Å². The molecular formula is C74H71ClN10O9. The Balaban J connectivity index is 0.000000199. The molecular weight excluding hydrogens is 1210 g/mol. The maximum atomic E-state index is 12.8. The number of halogens is 1. The van der Waals surface area contributed by atoms with E-state index in [2.05, 4.69) is 114 Å². The Morgan fingerprint density at radius 1 is 0.436 bits per heavy atom. The Labute approximate surface area is 549 Å². The third kappa shape index (κ3) is 21.8. The van der Waals surface area contributed by atoms with Crippen molar-refractivity contribution in [2.45, 2.75) is 65.1 Å². The Hall–Kier alpha value is -11.7. The van der Waals surface area contributed by atoms with E-state index >= 15 is 0 Å². The van der Waals surface area contributed by atoms with Crippen LogP contribution in [0.1, 0.15) is 90.5 Å². The molecule has 478 valence electrons. The lowest BCUT2D eigenvalue weighted by molar-refractivity contribution is -0.123. The molecule has 19 nitrogen and oxygen atoms in total. The molecule has 2 atom stereocenters. The van der Waals surface area contributed by atoms with Crippen molar-refractivity contribution in [3.8, 4) is 22.3 Å². The first-order chi connectivity index (χ1) is 45.5. The third-order valence-corrected chi connectivity index (χ3v) is 14.8. The average molecular weight is 1280 g/mol. The van der Waals surface area contributed by atoms with Crippen molar-refractivity contribution < 1.29 is 43.3 Å². The first-order valence-corrected chi connectivity index (χ1v) is 30.3. The summed E-state index contributed by atoms with van der Waals surface area (Å²) in [6.45, 7) is 4.08. The van der Waals surface area contributed by atoms with Crippen LogP contribution in [0.3, 0.4) is 0 Å². The molecule has 0 aliphatic carbocycles. The molecule has 2 heterocycles. The smallest absolute Gasteiger partial charge is 0.413 e. The van der Waals surface area contributed by atoms with Crippen molar-refractivity contribution >= 4 is 59.3 Å². The van der Waals surface area contributed by atoms with Gasteiger partial charge in [0, 0.05) is 36.6 Å². The Bertz CT molecular complexity index is 4120. The van der Waals surface area contributed by atoms with Crippen LogP contribution in [0.5, 0.6) is 0 Å². The van der Waals surface area contributed by atoms with Crippen LogP contribution in [0.15, 0.2) is 243 Å². The molecule has 5 amide bonds. The molecule has 0 aliphatic rings. The number of ether oxygens (including phenoxy) is 2. The zero-order valence-electron chi connectivity index (χ0n) is 51.6. The summed E-state index contributed by atoms with van der Waals surface area (Å²) in [7, 11) is 0. The minimum Gasteiger partial charge on any atom is -0.477 e. The highest BCUT2D eigenvalue weighted by Gasteiger charge is 2.19. The number of carboxylic acids is 1. The minimum atomic E-state index is -0.930. The monoisotopic (exact) mass is 1280 g/mol. The van der Waals surface area contributed by atoms with Crippen LogP contribution in [0.25, 0.3) is 22.3 Å². The van der Waals surface area contributed by atoms with Crippen molar-refractivity contribution in [3.63, 3.8) is 0 Å². The molecule has 20 heteroatoms. The van der Waals surface area contributed by atoms with Crippen LogP contribution < -0.4 is 31.4 Å². The van der Waals surface area contributed by atoms with Crippen LogP contribution in [0, 0.1) is 10.8 Å². The van der Waals surface area contributed by atoms with Gasteiger partial charge in [-0.05, 0) is 117 Å². The predicted molar refractivity (Wildman–Crippen MR) is 363 cm³/mol. The number of aromatic amines is 2. The maximum Gasteiger partial charge on any atom is 0.413 e. The second-order valence-corrected chi connectivity index (χ2v) is 21.8. The number of aromatic carboxylic acids is 1. The second-order valence-electron chi connectivity index (χ2n) is 21.6. The highest BCUT2D eigenvalue weighted by molar-refractivity contribution is 6.15. The maximum absolute atomic E-state index is 12.8. The number of amides is 5. The Kier molecular flexibility index (Phi) is 25.5. The number of H-pyrrole nitrogens is 2. The van der Waals surface area contributed by atoms with Gasteiger partial charge in [0.2, 0.25) is 11.8 Å². The van der Waals surface area contributed by atoms with Gasteiger partial charge in [-0.25, -0.2) is 19.2 Å². The van der Waals surface area contributed by atoms with Crippen molar-refractivity contribution in [1.29, 1.82) is 10.8 Å². The number of carbonyl (C=O) groups excluding carboxylic acids is 5. The molecule has 0 aliphatic heterocycles. The fraction of sp³-hybridized carbons (Fsp3) is 0.135. The molecule has 0 radical (unpaired) electrons. The molecule has 2 aromatic heterocycles. The summed E-state index contributed by atoms with van der Waals surface area (Å²) in [6.07, 6.45) is 3.53. The van der Waals surface area contributed by atoms with Gasteiger partial charge in [-0.15, -0.1) is 0 Å². The number of hydrogen-bond acceptors (Lipinski definition) is 11. The molecule has 0 spiro atoms. The van der Waals surface area contributed by atoms with Gasteiger partial charge in [-0.2, -0.15) is 0 Å². The quantitative estimate of drug-likeness (QED) is 0.0173. The summed E-state index contributed by atoms with van der Waals surface area (Å²) < 4.78 is 10.2. The lowest BCUT2D eigenvalue weighted by Crippen LogP contribution is -2.44. The zero-order valence-corrected chi connectivity index (χ0v) is 52.3. The minimum absolute atomic E-state index is 0.0661. The number of benzene rings is 8. The molecule has 94 heavy (non-hydrogen) atoms. The van der Waals surface area contributed by atoms with E-state index in [0.29, 0.717) is 29.8 Å². The van der Waals surface area contributed by atoms with Gasteiger partial charge in [0.15, 0.2) is 0 Å². The van der Waals surface area contributed by atoms with E-state index in [1.54, 1.807) is 86.9 Å². The first-order valence-electron chi connectivity index (χ1n) is 30.0. The van der Waals surface area contributed by atoms with Crippen molar-refractivity contribution in [3.05, 3.63) is 310 Å². The summed E-state index contributed by atoms with van der Waals surface area (Å²) >= 11 is 5.40. The van der Waals surface area contributed by atoms with Crippen LogP contribution in [0.2, 0.25) is 0 Å². The van der Waals surface area contributed by atoms with Gasteiger partial charge >= 0.3 is 18.2 Å². The van der Waals surface area contributed by atoms with Crippen LogP contribution in [-0.2, 0) is 58.2 Å². The highest BCUT2D eigenvalue weighted by Crippen LogP contribution is 2.23. The number of rotatable bonds is 22. The molecule has 8 aromatic carbocycles. The standard InChI is InChI=1S/C37H35N5O4.C19H21ClN4O3.C18H15NO2/c1-25(41-36(44)33-21-29(23-39-33)20-26-12-16-31(17-13-26)30-10-6-3-7-11-30)35(43)40-22-27-14-18-32(19-15-27)34(38)42-37(45)46-24-28-8-4-2-5-9-28;1-13(24-20)18(25)22-11-14-7-9-16(10-8-14)17(21)23-19(26)27-12-15-5-3-2-4-6-15;20-18(21)17-11-14(12-19-17)10-13-6-8-16(9-7-13)15-4-2-1-3-5-15/h2-19,21,23,25,39H,20,22,24H2,1H3,(H,40,43)(H,41,44)(H2,38,42,45);2-10,13,24H,11-12H2,1H3,(H,22,25)(H2,21,23,26);1-9,11-12,19H,10H2,(H,20,21)/t25-;13-;/m00./s1. The van der Waals surface area contributed by atoms with Crippen molar-refractivity contribution in [1.82, 2.24) is 41.4 Å². The van der Waals surface area contributed by atoms with Gasteiger partial charge in [0.1, 0.15) is 42.3 Å². The second kappa shape index (κ2) is 35.1. The molecule has 10 rings (SSSR count). The molecule has 0 saturated heterocycles.